The Balaban J connectivity index is 1.39. The molecule has 0 unspecified atom stereocenters. The van der Waals surface area contributed by atoms with Crippen LogP contribution in [0.15, 0.2) is 59.6 Å². The molecule has 228 valence electrons. The van der Waals surface area contributed by atoms with Crippen LogP contribution in [0.1, 0.15) is 11.1 Å². The molecule has 0 spiro atoms. The standard InChI is InChI=1S/C24H19F6N7O4S2/c25-23(26,27)15-3-7-17(8-4-15)43(39,40)37-10-9-36(22-33-20-19(42-22)12-32-35-34-20)13-18(37)21(38)31-11-14-1-5-16(6-2-14)41-24(28,29)30/h1-8,12,18H,9-11,13H2,(H,31,38)/t18-/m1/s1. The molecule has 19 heteroatoms. The van der Waals surface area contributed by atoms with E-state index in [-0.39, 0.29) is 26.2 Å². The van der Waals surface area contributed by atoms with E-state index in [9.17, 15) is 39.6 Å². The molecular weight excluding hydrogens is 628 g/mol. The second-order valence-corrected chi connectivity index (χ2v) is 12.0. The molecule has 11 nitrogen and oxygen atoms in total. The largest absolute Gasteiger partial charge is 0.573 e. The van der Waals surface area contributed by atoms with E-state index >= 15 is 0 Å². The Morgan fingerprint density at radius 3 is 2.35 bits per heavy atom. The van der Waals surface area contributed by atoms with Crippen molar-refractivity contribution in [2.24, 2.45) is 0 Å². The Hall–Kier alpha value is -4.10. The number of nitrogens with one attached hydrogen (secondary N) is 1. The van der Waals surface area contributed by atoms with Crippen LogP contribution in [0, 0.1) is 0 Å². The number of fused-ring (bicyclic) bond motifs is 1. The number of hydrogen-bond acceptors (Lipinski definition) is 10. The first-order valence-corrected chi connectivity index (χ1v) is 14.5. The zero-order valence-electron chi connectivity index (χ0n) is 21.5. The van der Waals surface area contributed by atoms with Gasteiger partial charge in [-0.15, -0.1) is 23.4 Å². The van der Waals surface area contributed by atoms with Crippen LogP contribution in [-0.4, -0.2) is 71.1 Å². The van der Waals surface area contributed by atoms with Crippen LogP contribution in [0.4, 0.5) is 31.5 Å². The topological polar surface area (TPSA) is 131 Å². The lowest BCUT2D eigenvalue weighted by Crippen LogP contribution is -2.60. The molecule has 0 bridgehead atoms. The van der Waals surface area contributed by atoms with Gasteiger partial charge in [-0.25, -0.2) is 8.42 Å². The smallest absolute Gasteiger partial charge is 0.406 e. The van der Waals surface area contributed by atoms with Gasteiger partial charge >= 0.3 is 12.5 Å². The summed E-state index contributed by atoms with van der Waals surface area (Å²) >= 11 is 1.19. The van der Waals surface area contributed by atoms with Gasteiger partial charge in [-0.2, -0.15) is 22.5 Å². The van der Waals surface area contributed by atoms with Gasteiger partial charge < -0.3 is 15.0 Å². The van der Waals surface area contributed by atoms with E-state index in [1.807, 2.05) is 0 Å². The number of aromatic nitrogens is 4. The molecule has 1 N–H and O–H groups in total. The molecule has 2 aromatic carbocycles. The molecular formula is C24H19F6N7O4S2. The molecule has 2 aromatic heterocycles. The first-order chi connectivity index (χ1) is 20.2. The summed E-state index contributed by atoms with van der Waals surface area (Å²) in [6.07, 6.45) is -8.11. The fraction of sp³-hybridized carbons (Fsp3) is 0.292. The maximum Gasteiger partial charge on any atom is 0.573 e. The monoisotopic (exact) mass is 647 g/mol. The third-order valence-electron chi connectivity index (χ3n) is 6.31. The number of carbonyl (C=O) groups is 1. The zero-order valence-corrected chi connectivity index (χ0v) is 23.1. The Labute approximate surface area is 243 Å². The van der Waals surface area contributed by atoms with Crippen molar-refractivity contribution >= 4 is 42.7 Å². The molecule has 1 aliphatic rings. The molecule has 4 aromatic rings. The molecule has 3 heterocycles. The van der Waals surface area contributed by atoms with Crippen molar-refractivity contribution < 1.29 is 44.3 Å². The van der Waals surface area contributed by atoms with Gasteiger partial charge in [0.2, 0.25) is 15.9 Å². The van der Waals surface area contributed by atoms with Gasteiger partial charge in [0.05, 0.1) is 21.4 Å². The molecule has 1 aliphatic heterocycles. The van der Waals surface area contributed by atoms with Crippen LogP contribution in [0.25, 0.3) is 10.3 Å². The Morgan fingerprint density at radius 2 is 1.72 bits per heavy atom. The van der Waals surface area contributed by atoms with E-state index < -0.39 is 50.7 Å². The molecule has 1 amide bonds. The Morgan fingerprint density at radius 1 is 1.02 bits per heavy atom. The normalized spacial score (nSPS) is 16.8. The van der Waals surface area contributed by atoms with E-state index in [2.05, 4.69) is 30.4 Å². The summed E-state index contributed by atoms with van der Waals surface area (Å²) in [5.74, 6) is -1.21. The zero-order chi connectivity index (χ0) is 31.0. The molecule has 1 atom stereocenters. The quantitative estimate of drug-likeness (QED) is 0.299. The first kappa shape index (κ1) is 30.4. The summed E-state index contributed by atoms with van der Waals surface area (Å²) in [6, 6.07) is 6.27. The van der Waals surface area contributed by atoms with E-state index in [1.165, 1.54) is 29.7 Å². The fourth-order valence-electron chi connectivity index (χ4n) is 4.26. The number of anilines is 1. The molecule has 0 aliphatic carbocycles. The van der Waals surface area contributed by atoms with Gasteiger partial charge in [0, 0.05) is 26.2 Å². The predicted octanol–water partition coefficient (Wildman–Crippen LogP) is 3.59. The number of halogens is 6. The summed E-state index contributed by atoms with van der Waals surface area (Å²) in [4.78, 5) is 19.0. The Kier molecular flexibility index (Phi) is 8.14. The number of ether oxygens (including phenoxy) is 1. The maximum atomic E-state index is 13.6. The molecule has 1 fully saturated rings. The second-order valence-electron chi connectivity index (χ2n) is 9.13. The third kappa shape index (κ3) is 6.94. The third-order valence-corrected chi connectivity index (χ3v) is 9.27. The summed E-state index contributed by atoms with van der Waals surface area (Å²) in [6.45, 7) is -0.474. The first-order valence-electron chi connectivity index (χ1n) is 12.2. The number of hydrogen-bond donors (Lipinski definition) is 1. The summed E-state index contributed by atoms with van der Waals surface area (Å²) in [5, 5.41) is 14.1. The number of carbonyl (C=O) groups excluding carboxylic acids is 1. The van der Waals surface area contributed by atoms with Crippen LogP contribution in [0.5, 0.6) is 5.75 Å². The lowest BCUT2D eigenvalue weighted by atomic mass is 10.1. The van der Waals surface area contributed by atoms with Crippen LogP contribution in [-0.2, 0) is 27.5 Å². The minimum atomic E-state index is -4.88. The number of benzene rings is 2. The van der Waals surface area contributed by atoms with Crippen LogP contribution in [0.3, 0.4) is 0 Å². The van der Waals surface area contributed by atoms with E-state index in [0.717, 1.165) is 28.6 Å². The van der Waals surface area contributed by atoms with Crippen LogP contribution >= 0.6 is 11.3 Å². The number of rotatable bonds is 7. The predicted molar refractivity (Wildman–Crippen MR) is 139 cm³/mol. The molecule has 0 saturated carbocycles. The van der Waals surface area contributed by atoms with Gasteiger partial charge in [-0.3, -0.25) is 4.79 Å². The highest BCUT2D eigenvalue weighted by Crippen LogP contribution is 2.33. The van der Waals surface area contributed by atoms with Crippen molar-refractivity contribution in [2.75, 3.05) is 24.5 Å². The van der Waals surface area contributed by atoms with Gasteiger partial charge in [0.1, 0.15) is 11.8 Å². The Bertz CT molecular complexity index is 1680. The number of alkyl halides is 6. The van der Waals surface area contributed by atoms with Crippen molar-refractivity contribution in [2.45, 2.75) is 30.0 Å². The van der Waals surface area contributed by atoms with Gasteiger partial charge in [0.25, 0.3) is 0 Å². The highest BCUT2D eigenvalue weighted by atomic mass is 32.2. The molecule has 43 heavy (non-hydrogen) atoms. The molecule has 1 saturated heterocycles. The van der Waals surface area contributed by atoms with Crippen molar-refractivity contribution in [3.05, 3.63) is 65.9 Å². The van der Waals surface area contributed by atoms with Crippen molar-refractivity contribution in [3.8, 4) is 5.75 Å². The van der Waals surface area contributed by atoms with E-state index in [0.29, 0.717) is 33.2 Å². The minimum absolute atomic E-state index is 0.0883. The maximum absolute atomic E-state index is 13.6. The number of nitrogens with zero attached hydrogens (tertiary/aromatic N) is 6. The van der Waals surface area contributed by atoms with Crippen molar-refractivity contribution in [1.82, 2.24) is 30.0 Å². The molecule has 5 rings (SSSR count). The number of sulfonamides is 1. The number of piperazine rings is 1. The summed E-state index contributed by atoms with van der Waals surface area (Å²) < 4.78 is 109. The number of thiazole rings is 1. The van der Waals surface area contributed by atoms with Gasteiger partial charge in [-0.1, -0.05) is 23.5 Å². The summed E-state index contributed by atoms with van der Waals surface area (Å²) in [7, 11) is -4.45. The van der Waals surface area contributed by atoms with Crippen molar-refractivity contribution in [1.29, 1.82) is 0 Å². The lowest BCUT2D eigenvalue weighted by molar-refractivity contribution is -0.274. The van der Waals surface area contributed by atoms with E-state index in [4.69, 9.17) is 0 Å². The number of amides is 1. The highest BCUT2D eigenvalue weighted by molar-refractivity contribution is 7.89. The SMILES string of the molecule is O=C(NCc1ccc(OC(F)(F)F)cc1)[C@H]1CN(c2nc3nnncc3s2)CCN1S(=O)(=O)c1ccc(C(F)(F)F)cc1. The fourth-order valence-corrected chi connectivity index (χ4v) is 6.73. The van der Waals surface area contributed by atoms with Crippen LogP contribution < -0.4 is 15.0 Å². The van der Waals surface area contributed by atoms with Gasteiger partial charge in [0.15, 0.2) is 10.8 Å². The molecule has 0 radical (unpaired) electrons. The van der Waals surface area contributed by atoms with Crippen molar-refractivity contribution in [3.63, 3.8) is 0 Å². The average molecular weight is 648 g/mol. The van der Waals surface area contributed by atoms with E-state index in [1.54, 1.807) is 4.90 Å². The minimum Gasteiger partial charge on any atom is -0.406 e. The lowest BCUT2D eigenvalue weighted by Gasteiger charge is -2.39. The summed E-state index contributed by atoms with van der Waals surface area (Å²) in [5.41, 5.74) is -0.343. The van der Waals surface area contributed by atoms with Gasteiger partial charge in [-0.05, 0) is 47.2 Å². The average Bonchev–Trinajstić information content (AvgIpc) is 3.40. The second kappa shape index (κ2) is 11.5. The van der Waals surface area contributed by atoms with Crippen LogP contribution in [0.2, 0.25) is 0 Å². The highest BCUT2D eigenvalue weighted by Gasteiger charge is 2.41.